The Labute approximate surface area is 180 Å². The van der Waals surface area contributed by atoms with Crippen molar-refractivity contribution < 1.29 is 19.2 Å². The number of amides is 2. The lowest BCUT2D eigenvalue weighted by atomic mass is 10.1. The summed E-state index contributed by atoms with van der Waals surface area (Å²) in [5, 5.41) is 13.9. The van der Waals surface area contributed by atoms with Crippen LogP contribution in [0.1, 0.15) is 25.0 Å². The van der Waals surface area contributed by atoms with E-state index in [0.29, 0.717) is 12.3 Å². The maximum absolute atomic E-state index is 12.5. The third-order valence-electron chi connectivity index (χ3n) is 5.21. The zero-order chi connectivity index (χ0) is 22.4. The van der Waals surface area contributed by atoms with Gasteiger partial charge in [-0.1, -0.05) is 38.1 Å². The van der Waals surface area contributed by atoms with E-state index in [2.05, 4.69) is 24.1 Å². The van der Waals surface area contributed by atoms with E-state index in [-0.39, 0.29) is 30.4 Å². The minimum Gasteiger partial charge on any atom is -0.482 e. The highest BCUT2D eigenvalue weighted by Crippen LogP contribution is 2.35. The standard InChI is InChI=1S/C22H26N4O5/c1-3-24(4-2)13-17-7-5-16(6-8-17)12-23-21(27)14-25-19-11-18(26(29)30)9-10-20(19)31-15-22(25)28/h5-11H,3-4,12-15H2,1-2H3,(H,23,27). The summed E-state index contributed by atoms with van der Waals surface area (Å²) >= 11 is 0. The minimum absolute atomic E-state index is 0.174. The molecule has 0 radical (unpaired) electrons. The predicted octanol–water partition coefficient (Wildman–Crippen LogP) is 2.48. The third kappa shape index (κ3) is 5.58. The topological polar surface area (TPSA) is 105 Å². The highest BCUT2D eigenvalue weighted by Gasteiger charge is 2.29. The highest BCUT2D eigenvalue weighted by molar-refractivity contribution is 6.02. The Hall–Kier alpha value is -3.46. The first-order chi connectivity index (χ1) is 14.9. The molecule has 2 aromatic carbocycles. The molecule has 31 heavy (non-hydrogen) atoms. The number of nitro benzene ring substituents is 1. The number of hydrogen-bond acceptors (Lipinski definition) is 6. The van der Waals surface area contributed by atoms with Gasteiger partial charge in [-0.05, 0) is 30.3 Å². The summed E-state index contributed by atoms with van der Waals surface area (Å²) in [7, 11) is 0. The van der Waals surface area contributed by atoms with Crippen LogP contribution in [0, 0.1) is 10.1 Å². The molecular formula is C22H26N4O5. The first-order valence-electron chi connectivity index (χ1n) is 10.2. The van der Waals surface area contributed by atoms with Gasteiger partial charge in [0.05, 0.1) is 10.6 Å². The average Bonchev–Trinajstić information content (AvgIpc) is 2.78. The van der Waals surface area contributed by atoms with Gasteiger partial charge in [0.15, 0.2) is 6.61 Å². The van der Waals surface area contributed by atoms with Crippen LogP contribution < -0.4 is 15.0 Å². The summed E-state index contributed by atoms with van der Waals surface area (Å²) in [5.74, 6) is -0.453. The van der Waals surface area contributed by atoms with Crippen LogP contribution in [0.25, 0.3) is 0 Å². The number of fused-ring (bicyclic) bond motifs is 1. The molecule has 0 unspecified atom stereocenters. The van der Waals surface area contributed by atoms with Crippen LogP contribution in [-0.2, 0) is 22.7 Å². The van der Waals surface area contributed by atoms with E-state index >= 15 is 0 Å². The second-order valence-electron chi connectivity index (χ2n) is 7.23. The maximum Gasteiger partial charge on any atom is 0.271 e. The normalized spacial score (nSPS) is 13.0. The Bertz CT molecular complexity index is 957. The van der Waals surface area contributed by atoms with Gasteiger partial charge in [-0.15, -0.1) is 0 Å². The fourth-order valence-electron chi connectivity index (χ4n) is 3.35. The molecule has 3 rings (SSSR count). The van der Waals surface area contributed by atoms with Crippen molar-refractivity contribution in [1.29, 1.82) is 0 Å². The summed E-state index contributed by atoms with van der Waals surface area (Å²) < 4.78 is 5.32. The molecule has 1 heterocycles. The average molecular weight is 426 g/mol. The molecule has 0 aliphatic carbocycles. The zero-order valence-corrected chi connectivity index (χ0v) is 17.7. The molecule has 1 N–H and O–H groups in total. The van der Waals surface area contributed by atoms with E-state index in [1.54, 1.807) is 0 Å². The maximum atomic E-state index is 12.5. The van der Waals surface area contributed by atoms with Gasteiger partial charge in [-0.3, -0.25) is 29.5 Å². The molecular weight excluding hydrogens is 400 g/mol. The summed E-state index contributed by atoms with van der Waals surface area (Å²) in [6.07, 6.45) is 0. The van der Waals surface area contributed by atoms with Gasteiger partial charge in [0.2, 0.25) is 5.91 Å². The van der Waals surface area contributed by atoms with Crippen molar-refractivity contribution in [1.82, 2.24) is 10.2 Å². The molecule has 9 nitrogen and oxygen atoms in total. The number of non-ortho nitro benzene ring substituents is 1. The number of rotatable bonds is 9. The lowest BCUT2D eigenvalue weighted by Crippen LogP contribution is -2.45. The van der Waals surface area contributed by atoms with E-state index in [9.17, 15) is 19.7 Å². The number of carbonyl (C=O) groups is 2. The zero-order valence-electron chi connectivity index (χ0n) is 17.7. The van der Waals surface area contributed by atoms with E-state index in [4.69, 9.17) is 4.74 Å². The fourth-order valence-corrected chi connectivity index (χ4v) is 3.35. The fraction of sp³-hybridized carbons (Fsp3) is 0.364. The number of hydrogen-bond donors (Lipinski definition) is 1. The van der Waals surface area contributed by atoms with E-state index in [0.717, 1.165) is 25.2 Å². The lowest BCUT2D eigenvalue weighted by Gasteiger charge is -2.28. The van der Waals surface area contributed by atoms with Gasteiger partial charge in [-0.25, -0.2) is 0 Å². The van der Waals surface area contributed by atoms with Crippen molar-refractivity contribution >= 4 is 23.2 Å². The molecule has 2 amide bonds. The van der Waals surface area contributed by atoms with Gasteiger partial charge in [0.1, 0.15) is 12.3 Å². The Kier molecular flexibility index (Phi) is 7.19. The molecule has 164 valence electrons. The van der Waals surface area contributed by atoms with Crippen molar-refractivity contribution in [3.63, 3.8) is 0 Å². The molecule has 0 atom stereocenters. The summed E-state index contributed by atoms with van der Waals surface area (Å²) in [6.45, 7) is 6.98. The number of nitrogens with one attached hydrogen (secondary N) is 1. The van der Waals surface area contributed by atoms with Crippen LogP contribution in [0.3, 0.4) is 0 Å². The number of nitrogens with zero attached hydrogens (tertiary/aromatic N) is 3. The molecule has 0 spiro atoms. The first kappa shape index (κ1) is 22.2. The molecule has 1 aliphatic rings. The molecule has 2 aromatic rings. The van der Waals surface area contributed by atoms with Crippen LogP contribution in [0.15, 0.2) is 42.5 Å². The molecule has 0 saturated carbocycles. The van der Waals surface area contributed by atoms with E-state index in [1.807, 2.05) is 24.3 Å². The highest BCUT2D eigenvalue weighted by atomic mass is 16.6. The molecule has 1 aliphatic heterocycles. The number of ether oxygens (including phenoxy) is 1. The Morgan fingerprint density at radius 2 is 1.84 bits per heavy atom. The molecule has 9 heteroatoms. The lowest BCUT2D eigenvalue weighted by molar-refractivity contribution is -0.384. The number of anilines is 1. The second-order valence-corrected chi connectivity index (χ2v) is 7.23. The van der Waals surface area contributed by atoms with Crippen molar-refractivity contribution in [3.8, 4) is 5.75 Å². The molecule has 0 bridgehead atoms. The number of carbonyl (C=O) groups excluding carboxylic acids is 2. The van der Waals surface area contributed by atoms with Gasteiger partial charge >= 0.3 is 0 Å². The quantitative estimate of drug-likeness (QED) is 0.488. The summed E-state index contributed by atoms with van der Waals surface area (Å²) in [5.41, 5.74) is 2.20. The molecule has 0 aromatic heterocycles. The summed E-state index contributed by atoms with van der Waals surface area (Å²) in [6, 6.07) is 12.0. The van der Waals surface area contributed by atoms with Gasteiger partial charge < -0.3 is 10.1 Å². The van der Waals surface area contributed by atoms with E-state index < -0.39 is 10.8 Å². The van der Waals surface area contributed by atoms with Crippen LogP contribution in [-0.4, -0.2) is 47.9 Å². The smallest absolute Gasteiger partial charge is 0.271 e. The predicted molar refractivity (Wildman–Crippen MR) is 116 cm³/mol. The monoisotopic (exact) mass is 426 g/mol. The number of benzene rings is 2. The largest absolute Gasteiger partial charge is 0.482 e. The van der Waals surface area contributed by atoms with Gasteiger partial charge in [-0.2, -0.15) is 0 Å². The number of nitro groups is 1. The van der Waals surface area contributed by atoms with Gasteiger partial charge in [0, 0.05) is 25.2 Å². The van der Waals surface area contributed by atoms with Crippen LogP contribution in [0.4, 0.5) is 11.4 Å². The van der Waals surface area contributed by atoms with Crippen molar-refractivity contribution in [2.75, 3.05) is 31.1 Å². The summed E-state index contributed by atoms with van der Waals surface area (Å²) in [4.78, 5) is 38.8. The minimum atomic E-state index is -0.554. The van der Waals surface area contributed by atoms with Crippen molar-refractivity contribution in [2.24, 2.45) is 0 Å². The van der Waals surface area contributed by atoms with Crippen LogP contribution in [0.5, 0.6) is 5.75 Å². The van der Waals surface area contributed by atoms with Crippen molar-refractivity contribution in [3.05, 3.63) is 63.7 Å². The SMILES string of the molecule is CCN(CC)Cc1ccc(CNC(=O)CN2C(=O)COc3ccc([N+](=O)[O-])cc32)cc1. The Morgan fingerprint density at radius 3 is 2.48 bits per heavy atom. The van der Waals surface area contributed by atoms with Crippen LogP contribution in [0.2, 0.25) is 0 Å². The second kappa shape index (κ2) is 10.0. The Morgan fingerprint density at radius 1 is 1.16 bits per heavy atom. The Balaban J connectivity index is 1.60. The van der Waals surface area contributed by atoms with Crippen LogP contribution >= 0.6 is 0 Å². The third-order valence-corrected chi connectivity index (χ3v) is 5.21. The molecule has 0 saturated heterocycles. The van der Waals surface area contributed by atoms with Crippen molar-refractivity contribution in [2.45, 2.75) is 26.9 Å². The van der Waals surface area contributed by atoms with E-state index in [1.165, 1.54) is 28.7 Å². The molecule has 0 fully saturated rings. The first-order valence-corrected chi connectivity index (χ1v) is 10.2. The van der Waals surface area contributed by atoms with Gasteiger partial charge in [0.25, 0.3) is 11.6 Å².